The third-order valence-corrected chi connectivity index (χ3v) is 7.50. The van der Waals surface area contributed by atoms with Crippen molar-refractivity contribution >= 4 is 21.7 Å². The zero-order chi connectivity index (χ0) is 22.1. The van der Waals surface area contributed by atoms with E-state index in [2.05, 4.69) is 5.32 Å². The fourth-order valence-corrected chi connectivity index (χ4v) is 5.14. The van der Waals surface area contributed by atoms with Gasteiger partial charge < -0.3 is 10.2 Å². The fraction of sp³-hybridized carbons (Fsp3) is 0.417. The van der Waals surface area contributed by atoms with Crippen molar-refractivity contribution in [2.75, 3.05) is 25.4 Å². The number of nitrogens with zero attached hydrogens (tertiary/aromatic N) is 1. The van der Waals surface area contributed by atoms with E-state index in [-0.39, 0.29) is 23.5 Å². The summed E-state index contributed by atoms with van der Waals surface area (Å²) in [6.07, 6.45) is 2.87. The van der Waals surface area contributed by atoms with Crippen LogP contribution in [0.4, 0.5) is 0 Å². The number of carbonyl (C=O) groups excluding carboxylic acids is 2. The molecule has 1 fully saturated rings. The third-order valence-electron chi connectivity index (χ3n) is 5.68. The monoisotopic (exact) mass is 442 g/mol. The first-order valence-electron chi connectivity index (χ1n) is 10.8. The number of hydrogen-bond acceptors (Lipinski definition) is 4. The summed E-state index contributed by atoms with van der Waals surface area (Å²) in [5.74, 6) is -0.0303. The molecule has 166 valence electrons. The van der Waals surface area contributed by atoms with Gasteiger partial charge in [-0.1, -0.05) is 48.5 Å². The van der Waals surface area contributed by atoms with E-state index in [9.17, 15) is 18.0 Å². The molecule has 6 nitrogen and oxygen atoms in total. The predicted molar refractivity (Wildman–Crippen MR) is 120 cm³/mol. The van der Waals surface area contributed by atoms with E-state index < -0.39 is 9.84 Å². The van der Waals surface area contributed by atoms with Gasteiger partial charge in [0.05, 0.1) is 10.6 Å². The second kappa shape index (κ2) is 11.1. The smallest absolute Gasteiger partial charge is 0.223 e. The highest BCUT2D eigenvalue weighted by Crippen LogP contribution is 2.19. The van der Waals surface area contributed by atoms with Gasteiger partial charge in [-0.05, 0) is 43.4 Å². The first kappa shape index (κ1) is 23.0. The molecule has 0 unspecified atom stereocenters. The van der Waals surface area contributed by atoms with Crippen molar-refractivity contribution in [1.29, 1.82) is 0 Å². The first-order chi connectivity index (χ1) is 15.0. The second-order valence-electron chi connectivity index (χ2n) is 7.92. The summed E-state index contributed by atoms with van der Waals surface area (Å²) < 4.78 is 24.5. The molecular weight excluding hydrogens is 412 g/mol. The number of aryl methyl sites for hydroxylation is 1. The van der Waals surface area contributed by atoms with Crippen LogP contribution in [0.2, 0.25) is 0 Å². The normalized spacial score (nSPS) is 14.9. The molecule has 7 heteroatoms. The van der Waals surface area contributed by atoms with E-state index in [0.717, 1.165) is 12.0 Å². The number of sulfone groups is 1. The van der Waals surface area contributed by atoms with Gasteiger partial charge in [-0.2, -0.15) is 0 Å². The lowest BCUT2D eigenvalue weighted by molar-refractivity contribution is -0.135. The van der Waals surface area contributed by atoms with Crippen molar-refractivity contribution in [2.24, 2.45) is 5.92 Å². The molecule has 0 spiro atoms. The van der Waals surface area contributed by atoms with Crippen LogP contribution < -0.4 is 5.32 Å². The van der Waals surface area contributed by atoms with Crippen LogP contribution in [-0.4, -0.2) is 50.5 Å². The minimum absolute atomic E-state index is 0.00561. The molecule has 1 heterocycles. The zero-order valence-corrected chi connectivity index (χ0v) is 18.5. The second-order valence-corrected chi connectivity index (χ2v) is 10.0. The van der Waals surface area contributed by atoms with Gasteiger partial charge in [0.1, 0.15) is 0 Å². The van der Waals surface area contributed by atoms with Crippen molar-refractivity contribution in [3.8, 4) is 0 Å². The number of carbonyl (C=O) groups is 2. The molecule has 31 heavy (non-hydrogen) atoms. The molecule has 3 rings (SSSR count). The molecule has 2 aromatic carbocycles. The maximum Gasteiger partial charge on any atom is 0.223 e. The van der Waals surface area contributed by atoms with Gasteiger partial charge >= 0.3 is 0 Å². The van der Waals surface area contributed by atoms with Crippen LogP contribution in [0.15, 0.2) is 65.6 Å². The molecular formula is C24H30N2O4S. The molecule has 1 aliphatic rings. The predicted octanol–water partition coefficient (Wildman–Crippen LogP) is 2.84. The van der Waals surface area contributed by atoms with Gasteiger partial charge in [0.2, 0.25) is 11.8 Å². The van der Waals surface area contributed by atoms with Crippen LogP contribution >= 0.6 is 0 Å². The largest absolute Gasteiger partial charge is 0.356 e. The molecule has 0 radical (unpaired) electrons. The molecule has 1 saturated heterocycles. The lowest BCUT2D eigenvalue weighted by Crippen LogP contribution is -2.43. The number of hydrogen-bond donors (Lipinski definition) is 1. The summed E-state index contributed by atoms with van der Waals surface area (Å²) in [6, 6.07) is 18.3. The topological polar surface area (TPSA) is 83.6 Å². The highest BCUT2D eigenvalue weighted by Gasteiger charge is 2.27. The molecule has 0 bridgehead atoms. The van der Waals surface area contributed by atoms with Gasteiger partial charge in [-0.25, -0.2) is 8.42 Å². The Hall–Kier alpha value is -2.67. The Kier molecular flexibility index (Phi) is 8.23. The maximum atomic E-state index is 12.4. The Labute approximate surface area is 184 Å². The molecule has 2 aromatic rings. The fourth-order valence-electron chi connectivity index (χ4n) is 3.81. The van der Waals surface area contributed by atoms with Crippen LogP contribution in [0.3, 0.4) is 0 Å². The van der Waals surface area contributed by atoms with Gasteiger partial charge in [-0.3, -0.25) is 9.59 Å². The van der Waals surface area contributed by atoms with Crippen LogP contribution in [-0.2, 0) is 25.8 Å². The summed E-state index contributed by atoms with van der Waals surface area (Å²) in [5, 5.41) is 2.86. The number of rotatable bonds is 9. The summed E-state index contributed by atoms with van der Waals surface area (Å²) >= 11 is 0. The summed E-state index contributed by atoms with van der Waals surface area (Å²) in [6.45, 7) is 1.52. The van der Waals surface area contributed by atoms with Gasteiger partial charge in [0.25, 0.3) is 0 Å². The highest BCUT2D eigenvalue weighted by atomic mass is 32.2. The number of piperidine rings is 1. The Morgan fingerprint density at radius 2 is 1.55 bits per heavy atom. The summed E-state index contributed by atoms with van der Waals surface area (Å²) in [7, 11) is -3.32. The molecule has 0 saturated carbocycles. The average molecular weight is 443 g/mol. The van der Waals surface area contributed by atoms with Crippen LogP contribution in [0.25, 0.3) is 0 Å². The molecule has 1 N–H and O–H groups in total. The van der Waals surface area contributed by atoms with E-state index in [4.69, 9.17) is 0 Å². The Morgan fingerprint density at radius 3 is 2.19 bits per heavy atom. The molecule has 0 atom stereocenters. The standard InChI is InChI=1S/C24H30N2O4S/c27-23(13-12-20-8-3-1-4-9-20)26-17-14-21(15-18-26)24(28)25-16-7-19-31(29,30)22-10-5-2-6-11-22/h1-6,8-11,21H,7,12-19H2,(H,25,28). The van der Waals surface area contributed by atoms with E-state index in [1.165, 1.54) is 0 Å². The maximum absolute atomic E-state index is 12.4. The van der Waals surface area contributed by atoms with E-state index in [1.807, 2.05) is 35.2 Å². The van der Waals surface area contributed by atoms with E-state index in [0.29, 0.717) is 50.2 Å². The lowest BCUT2D eigenvalue weighted by atomic mass is 9.95. The molecule has 0 aromatic heterocycles. The minimum atomic E-state index is -3.32. The lowest BCUT2D eigenvalue weighted by Gasteiger charge is -2.31. The Morgan fingerprint density at radius 1 is 0.935 bits per heavy atom. The molecule has 2 amide bonds. The minimum Gasteiger partial charge on any atom is -0.356 e. The van der Waals surface area contributed by atoms with Crippen LogP contribution in [0.1, 0.15) is 31.2 Å². The van der Waals surface area contributed by atoms with Crippen molar-refractivity contribution in [2.45, 2.75) is 37.0 Å². The highest BCUT2D eigenvalue weighted by molar-refractivity contribution is 7.91. The summed E-state index contributed by atoms with van der Waals surface area (Å²) in [5.41, 5.74) is 1.15. The number of nitrogens with one attached hydrogen (secondary N) is 1. The SMILES string of the molecule is O=C(NCCCS(=O)(=O)c1ccccc1)C1CCN(C(=O)CCc2ccccc2)CC1. The molecule has 0 aliphatic carbocycles. The van der Waals surface area contributed by atoms with Gasteiger partial charge in [0.15, 0.2) is 9.84 Å². The quantitative estimate of drug-likeness (QED) is 0.606. The number of likely N-dealkylation sites (tertiary alicyclic amines) is 1. The summed E-state index contributed by atoms with van der Waals surface area (Å²) in [4.78, 5) is 27.0. The van der Waals surface area contributed by atoms with Crippen molar-refractivity contribution in [3.05, 3.63) is 66.2 Å². The Balaban J connectivity index is 1.34. The van der Waals surface area contributed by atoms with E-state index >= 15 is 0 Å². The van der Waals surface area contributed by atoms with Crippen LogP contribution in [0, 0.1) is 5.92 Å². The van der Waals surface area contributed by atoms with Crippen molar-refractivity contribution in [1.82, 2.24) is 10.2 Å². The third kappa shape index (κ3) is 6.92. The molecule has 1 aliphatic heterocycles. The number of benzene rings is 2. The first-order valence-corrected chi connectivity index (χ1v) is 12.5. The van der Waals surface area contributed by atoms with Gasteiger partial charge in [0, 0.05) is 32.0 Å². The van der Waals surface area contributed by atoms with Gasteiger partial charge in [-0.15, -0.1) is 0 Å². The van der Waals surface area contributed by atoms with Crippen LogP contribution in [0.5, 0.6) is 0 Å². The Bertz CT molecular complexity index is 954. The van der Waals surface area contributed by atoms with E-state index in [1.54, 1.807) is 30.3 Å². The average Bonchev–Trinajstić information content (AvgIpc) is 2.81. The van der Waals surface area contributed by atoms with Crippen molar-refractivity contribution in [3.63, 3.8) is 0 Å². The van der Waals surface area contributed by atoms with Crippen molar-refractivity contribution < 1.29 is 18.0 Å². The number of amides is 2. The zero-order valence-electron chi connectivity index (χ0n) is 17.7.